The Bertz CT molecular complexity index is 1260. The highest BCUT2D eigenvalue weighted by molar-refractivity contribution is 6.74. The molecule has 1 heteroatoms. The summed E-state index contributed by atoms with van der Waals surface area (Å²) in [7, 11) is 0. The van der Waals surface area contributed by atoms with E-state index in [0.29, 0.717) is 18.0 Å². The number of fused-ring (bicyclic) bond motifs is 3. The lowest BCUT2D eigenvalue weighted by Gasteiger charge is -2.31. The zero-order valence-corrected chi connectivity index (χ0v) is 19.4. The lowest BCUT2D eigenvalue weighted by atomic mass is 9.39. The van der Waals surface area contributed by atoms with E-state index in [1.165, 1.54) is 55.9 Å². The molecule has 1 aliphatic carbocycles. The number of benzene rings is 4. The molecule has 0 saturated heterocycles. The van der Waals surface area contributed by atoms with Crippen LogP contribution < -0.4 is 5.46 Å². The van der Waals surface area contributed by atoms with Crippen LogP contribution in [0, 0.1) is 11.3 Å². The van der Waals surface area contributed by atoms with Crippen LogP contribution in [0.5, 0.6) is 0 Å². The summed E-state index contributed by atoms with van der Waals surface area (Å²) in [5.41, 5.74) is 9.90. The molecule has 0 bridgehead atoms. The summed E-state index contributed by atoms with van der Waals surface area (Å²) in [5, 5.41) is 2.87. The van der Waals surface area contributed by atoms with Crippen LogP contribution >= 0.6 is 0 Å². The summed E-state index contributed by atoms with van der Waals surface area (Å²) in [6.07, 6.45) is 1.20. The first kappa shape index (κ1) is 20.1. The fourth-order valence-electron chi connectivity index (χ4n) is 5.25. The Kier molecular flexibility index (Phi) is 4.81. The molecule has 4 aromatic carbocycles. The molecule has 5 rings (SSSR count). The van der Waals surface area contributed by atoms with Crippen LogP contribution in [0.4, 0.5) is 0 Å². The summed E-state index contributed by atoms with van der Waals surface area (Å²) in [4.78, 5) is 0. The Morgan fingerprint density at radius 3 is 2.16 bits per heavy atom. The standard InChI is InChI=1S/C30H31B/c1-20(2)30(3,4)19-31(5)28-17-16-25-23-15-14-22(21-10-7-6-8-11-21)18-27(23)24-12-9-13-26(28)29(24)25/h6-18,20H,19H2,1-5H3. The Labute approximate surface area is 187 Å². The van der Waals surface area contributed by atoms with E-state index < -0.39 is 0 Å². The maximum atomic E-state index is 2.41. The highest BCUT2D eigenvalue weighted by Gasteiger charge is 2.29. The molecule has 154 valence electrons. The zero-order valence-electron chi connectivity index (χ0n) is 19.4. The molecule has 0 aromatic heterocycles. The van der Waals surface area contributed by atoms with Gasteiger partial charge < -0.3 is 0 Å². The van der Waals surface area contributed by atoms with Gasteiger partial charge in [-0.2, -0.15) is 0 Å². The minimum atomic E-state index is 0.329. The molecule has 31 heavy (non-hydrogen) atoms. The van der Waals surface area contributed by atoms with Gasteiger partial charge in [0, 0.05) is 0 Å². The Hall–Kier alpha value is -2.80. The molecule has 0 radical (unpaired) electrons. The van der Waals surface area contributed by atoms with Crippen molar-refractivity contribution in [2.45, 2.75) is 40.8 Å². The quantitative estimate of drug-likeness (QED) is 0.260. The third-order valence-corrected chi connectivity index (χ3v) is 7.71. The largest absolute Gasteiger partial charge is 0.174 e. The summed E-state index contributed by atoms with van der Waals surface area (Å²) >= 11 is 0. The van der Waals surface area contributed by atoms with Crippen LogP contribution in [-0.4, -0.2) is 6.71 Å². The summed E-state index contributed by atoms with van der Waals surface area (Å²) in [6.45, 7) is 12.5. The number of hydrogen-bond acceptors (Lipinski definition) is 0. The Balaban J connectivity index is 1.63. The van der Waals surface area contributed by atoms with Gasteiger partial charge in [0.2, 0.25) is 0 Å². The van der Waals surface area contributed by atoms with Crippen molar-refractivity contribution >= 4 is 22.9 Å². The first-order valence-corrected chi connectivity index (χ1v) is 11.6. The second-order valence-electron chi connectivity index (χ2n) is 10.3. The van der Waals surface area contributed by atoms with Crippen molar-refractivity contribution in [3.05, 3.63) is 78.9 Å². The highest BCUT2D eigenvalue weighted by Crippen LogP contribution is 2.48. The van der Waals surface area contributed by atoms with E-state index in [1.54, 1.807) is 0 Å². The van der Waals surface area contributed by atoms with Crippen molar-refractivity contribution in [2.75, 3.05) is 0 Å². The van der Waals surface area contributed by atoms with E-state index in [9.17, 15) is 0 Å². The van der Waals surface area contributed by atoms with Gasteiger partial charge in [-0.15, -0.1) is 0 Å². The Morgan fingerprint density at radius 2 is 1.42 bits per heavy atom. The lowest BCUT2D eigenvalue weighted by Crippen LogP contribution is -2.34. The van der Waals surface area contributed by atoms with Crippen LogP contribution in [0.15, 0.2) is 78.9 Å². The van der Waals surface area contributed by atoms with Gasteiger partial charge in [-0.3, -0.25) is 0 Å². The molecule has 4 aromatic rings. The number of rotatable bonds is 5. The topological polar surface area (TPSA) is 0 Å². The van der Waals surface area contributed by atoms with Gasteiger partial charge in [0.1, 0.15) is 0 Å². The zero-order chi connectivity index (χ0) is 21.8. The van der Waals surface area contributed by atoms with E-state index in [0.717, 1.165) is 0 Å². The molecule has 0 unspecified atom stereocenters. The third-order valence-electron chi connectivity index (χ3n) is 7.71. The first-order valence-electron chi connectivity index (χ1n) is 11.6. The minimum Gasteiger partial charge on any atom is -0.0816 e. The highest BCUT2D eigenvalue weighted by atomic mass is 14.3. The van der Waals surface area contributed by atoms with Gasteiger partial charge in [-0.1, -0.05) is 119 Å². The van der Waals surface area contributed by atoms with Gasteiger partial charge in [-0.25, -0.2) is 0 Å². The van der Waals surface area contributed by atoms with E-state index in [1.807, 2.05) is 0 Å². The summed E-state index contributed by atoms with van der Waals surface area (Å²) in [5.74, 6) is 0.674. The molecule has 0 N–H and O–H groups in total. The van der Waals surface area contributed by atoms with E-state index in [2.05, 4.69) is 113 Å². The molecule has 0 spiro atoms. The second kappa shape index (κ2) is 7.41. The van der Waals surface area contributed by atoms with Crippen LogP contribution in [0.1, 0.15) is 27.7 Å². The van der Waals surface area contributed by atoms with Crippen molar-refractivity contribution in [3.63, 3.8) is 0 Å². The monoisotopic (exact) mass is 402 g/mol. The van der Waals surface area contributed by atoms with Crippen LogP contribution in [0.25, 0.3) is 44.2 Å². The molecule has 0 saturated carbocycles. The fraction of sp³-hybridized carbons (Fsp3) is 0.267. The van der Waals surface area contributed by atoms with Crippen molar-refractivity contribution in [3.8, 4) is 33.4 Å². The van der Waals surface area contributed by atoms with Crippen molar-refractivity contribution in [1.82, 2.24) is 0 Å². The molecule has 0 heterocycles. The van der Waals surface area contributed by atoms with Gasteiger partial charge in [0.05, 0.1) is 0 Å². The van der Waals surface area contributed by atoms with E-state index in [4.69, 9.17) is 0 Å². The van der Waals surface area contributed by atoms with Crippen LogP contribution in [-0.2, 0) is 0 Å². The van der Waals surface area contributed by atoms with E-state index in [-0.39, 0.29) is 0 Å². The maximum Gasteiger partial charge on any atom is 0.174 e. The smallest absolute Gasteiger partial charge is 0.0816 e. The molecule has 0 amide bonds. The fourth-order valence-corrected chi connectivity index (χ4v) is 5.25. The second-order valence-corrected chi connectivity index (χ2v) is 10.3. The molecule has 0 fully saturated rings. The summed E-state index contributed by atoms with van der Waals surface area (Å²) < 4.78 is 0. The molecule has 1 aliphatic rings. The third kappa shape index (κ3) is 3.32. The summed E-state index contributed by atoms with van der Waals surface area (Å²) in [6, 6.07) is 29.3. The molecular weight excluding hydrogens is 371 g/mol. The van der Waals surface area contributed by atoms with Crippen molar-refractivity contribution in [2.24, 2.45) is 11.3 Å². The molecular formula is C30H31B. The van der Waals surface area contributed by atoms with Crippen molar-refractivity contribution in [1.29, 1.82) is 0 Å². The first-order chi connectivity index (χ1) is 14.9. The van der Waals surface area contributed by atoms with E-state index >= 15 is 0 Å². The minimum absolute atomic E-state index is 0.329. The lowest BCUT2D eigenvalue weighted by molar-refractivity contribution is 0.282. The van der Waals surface area contributed by atoms with Gasteiger partial charge in [0.15, 0.2) is 6.71 Å². The number of hydrogen-bond donors (Lipinski definition) is 0. The Morgan fingerprint density at radius 1 is 0.710 bits per heavy atom. The maximum absolute atomic E-state index is 2.41. The average Bonchev–Trinajstić information content (AvgIpc) is 3.09. The predicted octanol–water partition coefficient (Wildman–Crippen LogP) is 8.17. The van der Waals surface area contributed by atoms with Gasteiger partial charge in [-0.05, 0) is 61.6 Å². The molecule has 0 nitrogen and oxygen atoms in total. The average molecular weight is 402 g/mol. The van der Waals surface area contributed by atoms with Crippen LogP contribution in [0.2, 0.25) is 13.1 Å². The SMILES string of the molecule is CB(CC(C)(C)C(C)C)c1ccc2c3c(cccc13)-c1cc(-c3ccccc3)ccc1-2. The molecule has 0 aliphatic heterocycles. The normalized spacial score (nSPS) is 12.5. The van der Waals surface area contributed by atoms with Crippen molar-refractivity contribution < 1.29 is 0 Å². The molecule has 0 atom stereocenters. The van der Waals surface area contributed by atoms with Gasteiger partial charge in [0.25, 0.3) is 0 Å². The predicted molar refractivity (Wildman–Crippen MR) is 138 cm³/mol. The van der Waals surface area contributed by atoms with Gasteiger partial charge >= 0.3 is 0 Å². The van der Waals surface area contributed by atoms with Crippen LogP contribution in [0.3, 0.4) is 0 Å².